The minimum Gasteiger partial charge on any atom is -0.463 e. The second-order valence-electron chi connectivity index (χ2n) is 6.18. The van der Waals surface area contributed by atoms with Crippen molar-refractivity contribution in [3.05, 3.63) is 95.7 Å². The first kappa shape index (κ1) is 17.5. The Morgan fingerprint density at radius 2 is 1.79 bits per heavy atom. The third-order valence-electron chi connectivity index (χ3n) is 4.25. The molecule has 1 N–H and O–H groups in total. The molecule has 6 nitrogen and oxygen atoms in total. The molecule has 0 unspecified atom stereocenters. The van der Waals surface area contributed by atoms with Crippen LogP contribution in [0.25, 0.3) is 22.6 Å². The van der Waals surface area contributed by atoms with Crippen molar-refractivity contribution in [3.63, 3.8) is 0 Å². The zero-order valence-corrected chi connectivity index (χ0v) is 14.9. The minimum atomic E-state index is -0.326. The Morgan fingerprint density at radius 1 is 1.00 bits per heavy atom. The molecule has 0 saturated carbocycles. The van der Waals surface area contributed by atoms with E-state index in [-0.39, 0.29) is 18.0 Å². The number of benzene rings is 2. The van der Waals surface area contributed by atoms with Crippen LogP contribution < -0.4 is 10.9 Å². The Hall–Kier alpha value is -3.93. The highest BCUT2D eigenvalue weighted by atomic mass is 16.3. The molecule has 0 spiro atoms. The minimum absolute atomic E-state index is 0.132. The van der Waals surface area contributed by atoms with Crippen molar-refractivity contribution in [2.45, 2.75) is 6.54 Å². The van der Waals surface area contributed by atoms with Gasteiger partial charge in [0.2, 0.25) is 5.91 Å². The maximum Gasteiger partial charge on any atom is 0.254 e. The quantitative estimate of drug-likeness (QED) is 0.579. The van der Waals surface area contributed by atoms with E-state index in [0.29, 0.717) is 17.1 Å². The van der Waals surface area contributed by atoms with Crippen molar-refractivity contribution in [2.75, 3.05) is 5.32 Å². The average molecular weight is 371 g/mol. The molecular formula is C22H17N3O3. The van der Waals surface area contributed by atoms with Crippen molar-refractivity contribution >= 4 is 11.6 Å². The Labute approximate surface area is 161 Å². The lowest BCUT2D eigenvalue weighted by Crippen LogP contribution is -2.27. The number of rotatable bonds is 5. The molecule has 2 aromatic heterocycles. The number of hydrogen-bond donors (Lipinski definition) is 1. The van der Waals surface area contributed by atoms with Gasteiger partial charge in [-0.15, -0.1) is 0 Å². The summed E-state index contributed by atoms with van der Waals surface area (Å²) in [7, 11) is 0. The second kappa shape index (κ2) is 7.75. The summed E-state index contributed by atoms with van der Waals surface area (Å²) in [6.45, 7) is -0.132. The molecule has 0 atom stereocenters. The summed E-state index contributed by atoms with van der Waals surface area (Å²) in [6, 6.07) is 22.1. The SMILES string of the molecule is O=C(Cn1cnc(-c2ccco2)cc1=O)Nc1ccccc1-c1ccccc1. The molecule has 0 aliphatic rings. The highest BCUT2D eigenvalue weighted by Crippen LogP contribution is 2.27. The number of aromatic nitrogens is 2. The van der Waals surface area contributed by atoms with E-state index >= 15 is 0 Å². The van der Waals surface area contributed by atoms with Crippen LogP contribution in [0.3, 0.4) is 0 Å². The van der Waals surface area contributed by atoms with E-state index in [1.165, 1.54) is 23.2 Å². The number of hydrogen-bond acceptors (Lipinski definition) is 4. The van der Waals surface area contributed by atoms with Gasteiger partial charge in [-0.25, -0.2) is 4.98 Å². The van der Waals surface area contributed by atoms with E-state index < -0.39 is 0 Å². The summed E-state index contributed by atoms with van der Waals surface area (Å²) in [5.74, 6) is 0.198. The summed E-state index contributed by atoms with van der Waals surface area (Å²) in [4.78, 5) is 29.0. The fourth-order valence-corrected chi connectivity index (χ4v) is 2.91. The van der Waals surface area contributed by atoms with Gasteiger partial charge in [-0.05, 0) is 23.8 Å². The number of furan rings is 1. The first-order chi connectivity index (χ1) is 13.7. The fraction of sp³-hybridized carbons (Fsp3) is 0.0455. The van der Waals surface area contributed by atoms with Crippen LogP contribution in [0.4, 0.5) is 5.69 Å². The molecule has 138 valence electrons. The monoisotopic (exact) mass is 371 g/mol. The van der Waals surface area contributed by atoms with Crippen molar-refractivity contribution in [3.8, 4) is 22.6 Å². The normalized spacial score (nSPS) is 10.6. The van der Waals surface area contributed by atoms with Crippen LogP contribution in [0.2, 0.25) is 0 Å². The predicted octanol–water partition coefficient (Wildman–Crippen LogP) is 3.81. The first-order valence-corrected chi connectivity index (χ1v) is 8.75. The highest BCUT2D eigenvalue weighted by molar-refractivity contribution is 5.95. The molecular weight excluding hydrogens is 354 g/mol. The molecule has 6 heteroatoms. The second-order valence-corrected chi connectivity index (χ2v) is 6.18. The van der Waals surface area contributed by atoms with Crippen LogP contribution in [0, 0.1) is 0 Å². The summed E-state index contributed by atoms with van der Waals surface area (Å²) >= 11 is 0. The fourth-order valence-electron chi connectivity index (χ4n) is 2.91. The number of carbonyl (C=O) groups is 1. The van der Waals surface area contributed by atoms with E-state index in [1.54, 1.807) is 12.1 Å². The largest absolute Gasteiger partial charge is 0.463 e. The Bertz CT molecular complexity index is 1150. The van der Waals surface area contributed by atoms with E-state index in [1.807, 2.05) is 54.6 Å². The number of nitrogens with zero attached hydrogens (tertiary/aromatic N) is 2. The smallest absolute Gasteiger partial charge is 0.254 e. The molecule has 0 bridgehead atoms. The zero-order chi connectivity index (χ0) is 19.3. The van der Waals surface area contributed by atoms with Gasteiger partial charge < -0.3 is 9.73 Å². The van der Waals surface area contributed by atoms with Crippen molar-refractivity contribution in [1.29, 1.82) is 0 Å². The number of anilines is 1. The van der Waals surface area contributed by atoms with E-state index in [9.17, 15) is 9.59 Å². The lowest BCUT2D eigenvalue weighted by atomic mass is 10.0. The van der Waals surface area contributed by atoms with Crippen LogP contribution in [-0.4, -0.2) is 15.5 Å². The number of carbonyl (C=O) groups excluding carboxylic acids is 1. The average Bonchev–Trinajstić information content (AvgIpc) is 3.25. The lowest BCUT2D eigenvalue weighted by Gasteiger charge is -2.12. The van der Waals surface area contributed by atoms with Crippen LogP contribution in [0.5, 0.6) is 0 Å². The summed E-state index contributed by atoms with van der Waals surface area (Å²) < 4.78 is 6.50. The summed E-state index contributed by atoms with van der Waals surface area (Å²) in [6.07, 6.45) is 2.86. The number of nitrogens with one attached hydrogen (secondary N) is 1. The van der Waals surface area contributed by atoms with Crippen molar-refractivity contribution in [1.82, 2.24) is 9.55 Å². The summed E-state index contributed by atoms with van der Waals surface area (Å²) in [5, 5.41) is 2.88. The van der Waals surface area contributed by atoms with Crippen molar-refractivity contribution < 1.29 is 9.21 Å². The van der Waals surface area contributed by atoms with Crippen molar-refractivity contribution in [2.24, 2.45) is 0 Å². The van der Waals surface area contributed by atoms with Gasteiger partial charge in [0, 0.05) is 17.3 Å². The molecule has 28 heavy (non-hydrogen) atoms. The number of amides is 1. The van der Waals surface area contributed by atoms with Gasteiger partial charge in [0.05, 0.1) is 12.6 Å². The molecule has 2 aromatic carbocycles. The van der Waals surface area contributed by atoms with Crippen LogP contribution in [0.15, 0.2) is 94.6 Å². The molecule has 0 aliphatic carbocycles. The highest BCUT2D eigenvalue weighted by Gasteiger charge is 2.11. The molecule has 0 radical (unpaired) electrons. The molecule has 1 amide bonds. The Morgan fingerprint density at radius 3 is 2.54 bits per heavy atom. The zero-order valence-electron chi connectivity index (χ0n) is 14.9. The van der Waals surface area contributed by atoms with Gasteiger partial charge in [0.1, 0.15) is 12.2 Å². The van der Waals surface area contributed by atoms with E-state index in [0.717, 1.165) is 11.1 Å². The van der Waals surface area contributed by atoms with Crippen LogP contribution in [0.1, 0.15) is 0 Å². The molecule has 0 fully saturated rings. The van der Waals surface area contributed by atoms with Gasteiger partial charge >= 0.3 is 0 Å². The first-order valence-electron chi connectivity index (χ1n) is 8.75. The predicted molar refractivity (Wildman–Crippen MR) is 107 cm³/mol. The van der Waals surface area contributed by atoms with Gasteiger partial charge in [-0.3, -0.25) is 14.2 Å². The summed E-state index contributed by atoms with van der Waals surface area (Å²) in [5.41, 5.74) is 2.70. The third kappa shape index (κ3) is 3.76. The van der Waals surface area contributed by atoms with Gasteiger partial charge in [0.25, 0.3) is 5.56 Å². The van der Waals surface area contributed by atoms with Gasteiger partial charge in [-0.1, -0.05) is 48.5 Å². The molecule has 0 saturated heterocycles. The maximum atomic E-state index is 12.5. The maximum absolute atomic E-state index is 12.5. The lowest BCUT2D eigenvalue weighted by molar-refractivity contribution is -0.116. The van der Waals surface area contributed by atoms with Gasteiger partial charge in [-0.2, -0.15) is 0 Å². The van der Waals surface area contributed by atoms with E-state index in [2.05, 4.69) is 10.3 Å². The van der Waals surface area contributed by atoms with Gasteiger partial charge in [0.15, 0.2) is 5.76 Å². The Balaban J connectivity index is 1.52. The molecule has 2 heterocycles. The third-order valence-corrected chi connectivity index (χ3v) is 4.25. The van der Waals surface area contributed by atoms with E-state index in [4.69, 9.17) is 4.42 Å². The molecule has 4 aromatic rings. The topological polar surface area (TPSA) is 77.1 Å². The standard InChI is InChI=1S/C22H17N3O3/c26-21(14-25-15-23-19(13-22(25)27)20-11-6-12-28-20)24-18-10-5-4-9-17(18)16-7-2-1-3-8-16/h1-13,15H,14H2,(H,24,26). The van der Waals surface area contributed by atoms with Crippen LogP contribution in [-0.2, 0) is 11.3 Å². The molecule has 0 aliphatic heterocycles. The van der Waals surface area contributed by atoms with Crippen LogP contribution >= 0.6 is 0 Å². The number of para-hydroxylation sites is 1. The Kier molecular flexibility index (Phi) is 4.84. The molecule has 4 rings (SSSR count).